The zero-order chi connectivity index (χ0) is 10.8. The van der Waals surface area contributed by atoms with Gasteiger partial charge in [-0.05, 0) is 26.0 Å². The van der Waals surface area contributed by atoms with Crippen LogP contribution in [0, 0.1) is 5.82 Å². The number of benzene rings is 1. The summed E-state index contributed by atoms with van der Waals surface area (Å²) in [5, 5.41) is 9.35. The van der Waals surface area contributed by atoms with Crippen molar-refractivity contribution >= 4 is 5.69 Å². The topological polar surface area (TPSA) is 55.5 Å². The van der Waals surface area contributed by atoms with Crippen molar-refractivity contribution in [2.24, 2.45) is 0 Å². The van der Waals surface area contributed by atoms with E-state index in [0.29, 0.717) is 5.69 Å². The van der Waals surface area contributed by atoms with E-state index in [4.69, 9.17) is 10.5 Å². The molecule has 0 aliphatic rings. The highest BCUT2D eigenvalue weighted by Gasteiger charge is 2.14. The fraction of sp³-hybridized carbons (Fsp3) is 0.400. The molecule has 3 N–H and O–H groups in total. The Morgan fingerprint density at radius 3 is 2.64 bits per heavy atom. The summed E-state index contributed by atoms with van der Waals surface area (Å²) in [6.07, 6.45) is 0. The minimum atomic E-state index is -0.978. The summed E-state index contributed by atoms with van der Waals surface area (Å²) in [5.41, 5.74) is 4.73. The summed E-state index contributed by atoms with van der Waals surface area (Å²) in [7, 11) is 0. The third-order valence-electron chi connectivity index (χ3n) is 1.54. The van der Waals surface area contributed by atoms with E-state index in [9.17, 15) is 9.50 Å². The maximum atomic E-state index is 13.1. The molecule has 0 saturated carbocycles. The Morgan fingerprint density at radius 1 is 1.50 bits per heavy atom. The molecular weight excluding hydrogens is 185 g/mol. The number of aliphatic hydroxyl groups is 1. The van der Waals surface area contributed by atoms with Crippen molar-refractivity contribution in [1.29, 1.82) is 0 Å². The largest absolute Gasteiger partial charge is 0.488 e. The summed E-state index contributed by atoms with van der Waals surface area (Å²) in [6, 6.07) is 4.17. The summed E-state index contributed by atoms with van der Waals surface area (Å²) in [6.45, 7) is 3.21. The first-order valence-electron chi connectivity index (χ1n) is 4.29. The van der Waals surface area contributed by atoms with E-state index >= 15 is 0 Å². The highest BCUT2D eigenvalue weighted by Crippen LogP contribution is 2.20. The molecule has 0 fully saturated rings. The summed E-state index contributed by atoms with van der Waals surface area (Å²) in [4.78, 5) is 0. The standard InChI is InChI=1S/C10H14FNO2/c1-10(2,13)6-14-9-4-3-7(12)5-8(9)11/h3-5,13H,6,12H2,1-2H3. The Hall–Kier alpha value is -1.29. The SMILES string of the molecule is CC(C)(O)COc1ccc(N)cc1F. The molecule has 0 saturated heterocycles. The number of nitrogens with two attached hydrogens (primary N) is 1. The zero-order valence-electron chi connectivity index (χ0n) is 8.25. The van der Waals surface area contributed by atoms with Crippen molar-refractivity contribution in [3.8, 4) is 5.75 Å². The van der Waals surface area contributed by atoms with Gasteiger partial charge in [0, 0.05) is 11.8 Å². The van der Waals surface area contributed by atoms with Crippen LogP contribution in [0.25, 0.3) is 0 Å². The average molecular weight is 199 g/mol. The van der Waals surface area contributed by atoms with Crippen molar-refractivity contribution in [1.82, 2.24) is 0 Å². The van der Waals surface area contributed by atoms with E-state index < -0.39 is 11.4 Å². The van der Waals surface area contributed by atoms with E-state index in [1.807, 2.05) is 0 Å². The van der Waals surface area contributed by atoms with Crippen LogP contribution >= 0.6 is 0 Å². The molecule has 0 spiro atoms. The van der Waals surface area contributed by atoms with Crippen LogP contribution in [0.1, 0.15) is 13.8 Å². The molecule has 14 heavy (non-hydrogen) atoms. The van der Waals surface area contributed by atoms with Gasteiger partial charge in [-0.1, -0.05) is 0 Å². The van der Waals surface area contributed by atoms with E-state index in [0.717, 1.165) is 0 Å². The minimum Gasteiger partial charge on any atom is -0.488 e. The van der Waals surface area contributed by atoms with Gasteiger partial charge in [0.05, 0.1) is 5.60 Å². The summed E-state index contributed by atoms with van der Waals surface area (Å²) >= 11 is 0. The minimum absolute atomic E-state index is 0.0356. The smallest absolute Gasteiger partial charge is 0.167 e. The van der Waals surface area contributed by atoms with Gasteiger partial charge in [0.15, 0.2) is 11.6 Å². The highest BCUT2D eigenvalue weighted by molar-refractivity contribution is 5.42. The van der Waals surface area contributed by atoms with Crippen LogP contribution in [0.5, 0.6) is 5.75 Å². The fourth-order valence-electron chi connectivity index (χ4n) is 0.889. The van der Waals surface area contributed by atoms with Crippen LogP contribution in [0.15, 0.2) is 18.2 Å². The van der Waals surface area contributed by atoms with Crippen LogP contribution in [0.3, 0.4) is 0 Å². The molecule has 0 aliphatic carbocycles. The molecule has 0 radical (unpaired) electrons. The van der Waals surface area contributed by atoms with Gasteiger partial charge >= 0.3 is 0 Å². The zero-order valence-corrected chi connectivity index (χ0v) is 8.25. The maximum absolute atomic E-state index is 13.1. The monoisotopic (exact) mass is 199 g/mol. The number of halogens is 1. The van der Waals surface area contributed by atoms with E-state index in [-0.39, 0.29) is 12.4 Å². The third-order valence-corrected chi connectivity index (χ3v) is 1.54. The number of nitrogen functional groups attached to an aromatic ring is 1. The highest BCUT2D eigenvalue weighted by atomic mass is 19.1. The summed E-state index contributed by atoms with van der Waals surface area (Å²) in [5.74, 6) is -0.421. The number of anilines is 1. The number of rotatable bonds is 3. The molecule has 3 nitrogen and oxygen atoms in total. The van der Waals surface area contributed by atoms with Gasteiger partial charge < -0.3 is 15.6 Å². The molecule has 0 bridgehead atoms. The van der Waals surface area contributed by atoms with Crippen LogP contribution in [0.2, 0.25) is 0 Å². The molecule has 1 aromatic rings. The van der Waals surface area contributed by atoms with Crippen molar-refractivity contribution < 1.29 is 14.2 Å². The lowest BCUT2D eigenvalue weighted by Gasteiger charge is -2.18. The van der Waals surface area contributed by atoms with Gasteiger partial charge in [-0.25, -0.2) is 4.39 Å². The number of hydrogen-bond acceptors (Lipinski definition) is 3. The van der Waals surface area contributed by atoms with Crippen molar-refractivity contribution in [2.75, 3.05) is 12.3 Å². The van der Waals surface area contributed by atoms with Gasteiger partial charge in [-0.15, -0.1) is 0 Å². The Morgan fingerprint density at radius 2 is 2.14 bits per heavy atom. The molecule has 4 heteroatoms. The van der Waals surface area contributed by atoms with Gasteiger partial charge in [0.2, 0.25) is 0 Å². The molecule has 0 aromatic heterocycles. The molecule has 78 valence electrons. The second-order valence-corrected chi connectivity index (χ2v) is 3.79. The predicted molar refractivity (Wildman–Crippen MR) is 52.6 cm³/mol. The van der Waals surface area contributed by atoms with E-state index in [2.05, 4.69) is 0 Å². The average Bonchev–Trinajstić information content (AvgIpc) is 2.00. The molecule has 1 rings (SSSR count). The van der Waals surface area contributed by atoms with Crippen LogP contribution in [-0.2, 0) is 0 Å². The molecule has 0 heterocycles. The van der Waals surface area contributed by atoms with Gasteiger partial charge in [0.1, 0.15) is 6.61 Å². The Balaban J connectivity index is 2.68. The van der Waals surface area contributed by atoms with Crippen molar-refractivity contribution in [2.45, 2.75) is 19.4 Å². The summed E-state index contributed by atoms with van der Waals surface area (Å²) < 4.78 is 18.2. The van der Waals surface area contributed by atoms with Crippen LogP contribution in [-0.4, -0.2) is 17.3 Å². The second kappa shape index (κ2) is 3.84. The second-order valence-electron chi connectivity index (χ2n) is 3.79. The lowest BCUT2D eigenvalue weighted by molar-refractivity contribution is 0.0272. The first-order valence-corrected chi connectivity index (χ1v) is 4.29. The van der Waals surface area contributed by atoms with Crippen molar-refractivity contribution in [3.05, 3.63) is 24.0 Å². The Kier molecular flexibility index (Phi) is 2.96. The molecule has 0 unspecified atom stereocenters. The fourth-order valence-corrected chi connectivity index (χ4v) is 0.889. The van der Waals surface area contributed by atoms with Crippen LogP contribution in [0.4, 0.5) is 10.1 Å². The number of ether oxygens (including phenoxy) is 1. The number of hydrogen-bond donors (Lipinski definition) is 2. The van der Waals surface area contributed by atoms with Crippen LogP contribution < -0.4 is 10.5 Å². The van der Waals surface area contributed by atoms with E-state index in [1.54, 1.807) is 19.9 Å². The Labute approximate surface area is 82.3 Å². The molecule has 0 amide bonds. The van der Waals surface area contributed by atoms with Gasteiger partial charge in [0.25, 0.3) is 0 Å². The normalized spacial score (nSPS) is 11.4. The van der Waals surface area contributed by atoms with E-state index in [1.165, 1.54) is 12.1 Å². The maximum Gasteiger partial charge on any atom is 0.167 e. The lowest BCUT2D eigenvalue weighted by atomic mass is 10.2. The van der Waals surface area contributed by atoms with Gasteiger partial charge in [-0.2, -0.15) is 0 Å². The molecule has 0 aliphatic heterocycles. The Bertz CT molecular complexity index is 320. The molecular formula is C10H14FNO2. The predicted octanol–water partition coefficient (Wildman–Crippen LogP) is 1.56. The third kappa shape index (κ3) is 3.22. The quantitative estimate of drug-likeness (QED) is 0.726. The van der Waals surface area contributed by atoms with Gasteiger partial charge in [-0.3, -0.25) is 0 Å². The van der Waals surface area contributed by atoms with Crippen molar-refractivity contribution in [3.63, 3.8) is 0 Å². The molecule has 1 aromatic carbocycles. The first kappa shape index (κ1) is 10.8. The first-order chi connectivity index (χ1) is 6.38. The lowest BCUT2D eigenvalue weighted by Crippen LogP contribution is -2.28. The molecule has 0 atom stereocenters.